The molecule has 6 heteroatoms. The zero-order valence-electron chi connectivity index (χ0n) is 11.8. The van der Waals surface area contributed by atoms with Gasteiger partial charge < -0.3 is 4.74 Å². The third kappa shape index (κ3) is 5.54. The largest absolute Gasteiger partial charge is 0.522 e. The number of ether oxygens (including phenoxy) is 2. The summed E-state index contributed by atoms with van der Waals surface area (Å²) in [5.74, 6) is 0. The minimum atomic E-state index is -4.55. The van der Waals surface area contributed by atoms with E-state index in [0.717, 1.165) is 0 Å². The Balaban J connectivity index is 0.00000137. The summed E-state index contributed by atoms with van der Waals surface area (Å²) in [6, 6.07) is 0.00218. The van der Waals surface area contributed by atoms with E-state index in [4.69, 9.17) is 4.74 Å². The van der Waals surface area contributed by atoms with E-state index in [1.807, 2.05) is 32.6 Å². The van der Waals surface area contributed by atoms with Crippen molar-refractivity contribution in [2.24, 2.45) is 0 Å². The fourth-order valence-corrected chi connectivity index (χ4v) is 2.17. The minimum Gasteiger partial charge on any atom is -0.380 e. The van der Waals surface area contributed by atoms with Crippen LogP contribution < -0.4 is 0 Å². The lowest BCUT2D eigenvalue weighted by molar-refractivity contribution is -0.340. The molecule has 1 heterocycles. The van der Waals surface area contributed by atoms with Gasteiger partial charge in [0.05, 0.1) is 12.2 Å². The van der Waals surface area contributed by atoms with Gasteiger partial charge in [0.15, 0.2) is 0 Å². The molecule has 110 valence electrons. The fraction of sp³-hybridized carbons (Fsp3) is 1.00. The van der Waals surface area contributed by atoms with Crippen molar-refractivity contribution in [3.63, 3.8) is 0 Å². The molecule has 3 atom stereocenters. The third-order valence-electron chi connectivity index (χ3n) is 3.03. The van der Waals surface area contributed by atoms with E-state index in [0.29, 0.717) is 19.5 Å². The predicted octanol–water partition coefficient (Wildman–Crippen LogP) is 3.05. The van der Waals surface area contributed by atoms with Gasteiger partial charge in [0.25, 0.3) is 0 Å². The minimum absolute atomic E-state index is 0.00218. The molecule has 0 N–H and O–H groups in total. The van der Waals surface area contributed by atoms with Crippen LogP contribution in [0.5, 0.6) is 0 Å². The summed E-state index contributed by atoms with van der Waals surface area (Å²) in [7, 11) is 1.57. The van der Waals surface area contributed by atoms with Crippen molar-refractivity contribution in [2.75, 3.05) is 20.2 Å². The SMILES string of the molecule is CC.CCN1C[C@H](OC(F)(F)F)C[C@H]1[C@H](C)OC. The summed E-state index contributed by atoms with van der Waals surface area (Å²) in [4.78, 5) is 1.96. The first-order valence-electron chi connectivity index (χ1n) is 6.38. The summed E-state index contributed by atoms with van der Waals surface area (Å²) >= 11 is 0. The molecular formula is C12H24F3NO2. The average Bonchev–Trinajstić information content (AvgIpc) is 2.71. The van der Waals surface area contributed by atoms with Crippen LogP contribution in [0.4, 0.5) is 13.2 Å². The smallest absolute Gasteiger partial charge is 0.380 e. The fourth-order valence-electron chi connectivity index (χ4n) is 2.17. The van der Waals surface area contributed by atoms with Crippen LogP contribution >= 0.6 is 0 Å². The highest BCUT2D eigenvalue weighted by Gasteiger charge is 2.41. The molecule has 0 radical (unpaired) electrons. The molecule has 0 saturated carbocycles. The van der Waals surface area contributed by atoms with Gasteiger partial charge in [-0.05, 0) is 19.9 Å². The van der Waals surface area contributed by atoms with E-state index < -0.39 is 12.5 Å². The highest BCUT2D eigenvalue weighted by atomic mass is 19.4. The lowest BCUT2D eigenvalue weighted by Crippen LogP contribution is -2.38. The van der Waals surface area contributed by atoms with Crippen LogP contribution in [0.2, 0.25) is 0 Å². The average molecular weight is 271 g/mol. The molecule has 18 heavy (non-hydrogen) atoms. The Labute approximate surface area is 107 Å². The summed E-state index contributed by atoms with van der Waals surface area (Å²) in [5.41, 5.74) is 0. The van der Waals surface area contributed by atoms with Gasteiger partial charge in [0, 0.05) is 19.7 Å². The number of methoxy groups -OCH3 is 1. The van der Waals surface area contributed by atoms with Gasteiger partial charge in [0.2, 0.25) is 0 Å². The van der Waals surface area contributed by atoms with Crippen molar-refractivity contribution in [3.8, 4) is 0 Å². The highest BCUT2D eigenvalue weighted by molar-refractivity contribution is 4.89. The monoisotopic (exact) mass is 271 g/mol. The summed E-state index contributed by atoms with van der Waals surface area (Å²) < 4.78 is 45.5. The summed E-state index contributed by atoms with van der Waals surface area (Å²) in [6.07, 6.45) is -5.04. The van der Waals surface area contributed by atoms with Crippen molar-refractivity contribution in [3.05, 3.63) is 0 Å². The maximum absolute atomic E-state index is 12.1. The Morgan fingerprint density at radius 3 is 2.28 bits per heavy atom. The van der Waals surface area contributed by atoms with Gasteiger partial charge in [-0.3, -0.25) is 9.64 Å². The molecule has 1 aliphatic rings. The molecule has 0 bridgehead atoms. The molecule has 1 saturated heterocycles. The molecule has 0 spiro atoms. The predicted molar refractivity (Wildman–Crippen MR) is 64.4 cm³/mol. The van der Waals surface area contributed by atoms with Crippen molar-refractivity contribution in [2.45, 2.75) is 58.7 Å². The number of halogens is 3. The molecule has 0 amide bonds. The Morgan fingerprint density at radius 2 is 1.89 bits per heavy atom. The van der Waals surface area contributed by atoms with Gasteiger partial charge in [-0.15, -0.1) is 13.2 Å². The second-order valence-corrected chi connectivity index (χ2v) is 4.02. The maximum Gasteiger partial charge on any atom is 0.522 e. The van der Waals surface area contributed by atoms with Crippen LogP contribution in [0, 0.1) is 0 Å². The Bertz CT molecular complexity index is 224. The van der Waals surface area contributed by atoms with Crippen LogP contribution in [-0.4, -0.2) is 49.7 Å². The quantitative estimate of drug-likeness (QED) is 0.784. The second kappa shape index (κ2) is 7.96. The molecular weight excluding hydrogens is 247 g/mol. The van der Waals surface area contributed by atoms with Gasteiger partial charge in [0.1, 0.15) is 0 Å². The van der Waals surface area contributed by atoms with E-state index in [-0.39, 0.29) is 12.1 Å². The van der Waals surface area contributed by atoms with E-state index >= 15 is 0 Å². The molecule has 0 aromatic carbocycles. The van der Waals surface area contributed by atoms with Crippen LogP contribution in [0.1, 0.15) is 34.1 Å². The Hall–Kier alpha value is -0.330. The molecule has 0 aromatic rings. The number of rotatable bonds is 4. The first-order valence-corrected chi connectivity index (χ1v) is 6.38. The standard InChI is InChI=1S/C10H18F3NO2.C2H6/c1-4-14-6-8(16-10(11,12)13)5-9(14)7(2)15-3;1-2/h7-9H,4-6H2,1-3H3;1-2H3/t7-,8+,9-;/m0./s1. The lowest BCUT2D eigenvalue weighted by atomic mass is 10.1. The Morgan fingerprint density at radius 1 is 1.33 bits per heavy atom. The highest BCUT2D eigenvalue weighted by Crippen LogP contribution is 2.28. The number of likely N-dealkylation sites (tertiary alicyclic amines) is 1. The number of hydrogen-bond acceptors (Lipinski definition) is 3. The van der Waals surface area contributed by atoms with Crippen LogP contribution in [0.3, 0.4) is 0 Å². The second-order valence-electron chi connectivity index (χ2n) is 4.02. The number of nitrogens with zero attached hydrogens (tertiary/aromatic N) is 1. The zero-order valence-corrected chi connectivity index (χ0v) is 11.8. The van der Waals surface area contributed by atoms with E-state index in [9.17, 15) is 13.2 Å². The number of alkyl halides is 3. The van der Waals surface area contributed by atoms with E-state index in [1.165, 1.54) is 0 Å². The van der Waals surface area contributed by atoms with Crippen LogP contribution in [0.15, 0.2) is 0 Å². The number of hydrogen-bond donors (Lipinski definition) is 0. The third-order valence-corrected chi connectivity index (χ3v) is 3.03. The van der Waals surface area contributed by atoms with Crippen LogP contribution in [0.25, 0.3) is 0 Å². The Kier molecular flexibility index (Phi) is 7.82. The van der Waals surface area contributed by atoms with E-state index in [1.54, 1.807) is 7.11 Å². The molecule has 0 aromatic heterocycles. The van der Waals surface area contributed by atoms with Crippen molar-refractivity contribution >= 4 is 0 Å². The van der Waals surface area contributed by atoms with Gasteiger partial charge >= 0.3 is 6.36 Å². The zero-order chi connectivity index (χ0) is 14.3. The first-order chi connectivity index (χ1) is 8.37. The molecule has 1 rings (SSSR count). The maximum atomic E-state index is 12.1. The van der Waals surface area contributed by atoms with Crippen LogP contribution in [-0.2, 0) is 9.47 Å². The normalized spacial score (nSPS) is 26.7. The van der Waals surface area contributed by atoms with Crippen molar-refractivity contribution in [1.82, 2.24) is 4.90 Å². The lowest BCUT2D eigenvalue weighted by Gasteiger charge is -2.26. The molecule has 0 aliphatic carbocycles. The molecule has 1 aliphatic heterocycles. The molecule has 0 unspecified atom stereocenters. The van der Waals surface area contributed by atoms with Crippen molar-refractivity contribution < 1.29 is 22.6 Å². The summed E-state index contributed by atoms with van der Waals surface area (Å²) in [6.45, 7) is 8.80. The number of likely N-dealkylation sites (N-methyl/N-ethyl adjacent to an activating group) is 1. The van der Waals surface area contributed by atoms with Gasteiger partial charge in [-0.1, -0.05) is 20.8 Å². The van der Waals surface area contributed by atoms with E-state index in [2.05, 4.69) is 4.74 Å². The van der Waals surface area contributed by atoms with Crippen molar-refractivity contribution in [1.29, 1.82) is 0 Å². The molecule has 1 fully saturated rings. The topological polar surface area (TPSA) is 21.7 Å². The van der Waals surface area contributed by atoms with Gasteiger partial charge in [-0.25, -0.2) is 0 Å². The first kappa shape index (κ1) is 17.7. The molecule has 3 nitrogen and oxygen atoms in total. The summed E-state index contributed by atoms with van der Waals surface area (Å²) in [5, 5.41) is 0. The van der Waals surface area contributed by atoms with Gasteiger partial charge in [-0.2, -0.15) is 0 Å².